The first-order valence-electron chi connectivity index (χ1n) is 10.2. The van der Waals surface area contributed by atoms with E-state index in [0.29, 0.717) is 30.6 Å². The van der Waals surface area contributed by atoms with Gasteiger partial charge >= 0.3 is 6.03 Å². The van der Waals surface area contributed by atoms with Gasteiger partial charge in [0.2, 0.25) is 5.91 Å². The Morgan fingerprint density at radius 2 is 1.36 bits per heavy atom. The molecule has 5 heterocycles. The Hall–Kier alpha value is -1.30. The predicted octanol–water partition coefficient (Wildman–Crippen LogP) is 1.55. The Balaban J connectivity index is 1.21. The summed E-state index contributed by atoms with van der Waals surface area (Å²) in [5.74, 6) is 1.41. The minimum atomic E-state index is -0.00213. The van der Waals surface area contributed by atoms with Crippen LogP contribution in [0.3, 0.4) is 0 Å². The van der Waals surface area contributed by atoms with Crippen molar-refractivity contribution < 1.29 is 14.3 Å². The molecule has 138 valence electrons. The molecule has 0 N–H and O–H groups in total. The molecule has 0 aliphatic carbocycles. The van der Waals surface area contributed by atoms with Crippen LogP contribution in [0.15, 0.2) is 0 Å². The van der Waals surface area contributed by atoms with Crippen molar-refractivity contribution >= 4 is 11.9 Å². The van der Waals surface area contributed by atoms with Crippen molar-refractivity contribution in [1.29, 1.82) is 0 Å². The summed E-state index contributed by atoms with van der Waals surface area (Å²) in [7, 11) is 0. The number of likely N-dealkylation sites (tertiary alicyclic amines) is 3. The molecule has 5 saturated heterocycles. The predicted molar refractivity (Wildman–Crippen MR) is 92.0 cm³/mol. The summed E-state index contributed by atoms with van der Waals surface area (Å²) in [5.41, 5.74) is 0. The minimum absolute atomic E-state index is 0.00213. The van der Waals surface area contributed by atoms with Crippen LogP contribution in [0.5, 0.6) is 0 Å². The molecule has 5 atom stereocenters. The van der Waals surface area contributed by atoms with Crippen LogP contribution in [0.4, 0.5) is 4.79 Å². The van der Waals surface area contributed by atoms with Gasteiger partial charge in [-0.05, 0) is 38.5 Å². The number of carbonyl (C=O) groups excluding carboxylic acids is 2. The Labute approximate surface area is 149 Å². The maximum atomic E-state index is 13.1. The number of ether oxygens (including phenoxy) is 1. The van der Waals surface area contributed by atoms with Crippen LogP contribution in [0.1, 0.15) is 38.5 Å². The Bertz CT molecular complexity index is 544. The van der Waals surface area contributed by atoms with Crippen LogP contribution >= 0.6 is 0 Å². The molecule has 5 fully saturated rings. The molecule has 5 aliphatic rings. The fourth-order valence-electron chi connectivity index (χ4n) is 5.86. The standard InChI is InChI=1S/C19H29N3O3/c23-18(22-11-14-15(12-22)17-6-5-16(14)25-17)13-4-3-9-21(10-13)19(24)20-7-1-2-8-20/h13-17H,1-12H2. The average molecular weight is 347 g/mol. The zero-order chi connectivity index (χ0) is 17.0. The average Bonchev–Trinajstić information content (AvgIpc) is 3.42. The summed E-state index contributed by atoms with van der Waals surface area (Å²) in [6.45, 7) is 4.94. The zero-order valence-electron chi connectivity index (χ0n) is 14.9. The maximum absolute atomic E-state index is 13.1. The van der Waals surface area contributed by atoms with Gasteiger partial charge in [0.15, 0.2) is 0 Å². The maximum Gasteiger partial charge on any atom is 0.320 e. The number of nitrogens with zero attached hydrogens (tertiary/aromatic N) is 3. The number of urea groups is 1. The second-order valence-corrected chi connectivity index (χ2v) is 8.62. The molecular weight excluding hydrogens is 318 g/mol. The van der Waals surface area contributed by atoms with E-state index in [1.54, 1.807) is 0 Å². The number of piperidine rings is 1. The Morgan fingerprint density at radius 3 is 2.04 bits per heavy atom. The van der Waals surface area contributed by atoms with Crippen molar-refractivity contribution in [3.05, 3.63) is 0 Å². The summed E-state index contributed by atoms with van der Waals surface area (Å²) in [4.78, 5) is 31.7. The molecule has 6 nitrogen and oxygen atoms in total. The Morgan fingerprint density at radius 1 is 0.720 bits per heavy atom. The van der Waals surface area contributed by atoms with E-state index in [4.69, 9.17) is 4.74 Å². The third-order valence-electron chi connectivity index (χ3n) is 7.18. The van der Waals surface area contributed by atoms with Gasteiger partial charge in [-0.25, -0.2) is 4.79 Å². The highest BCUT2D eigenvalue weighted by atomic mass is 16.5. The number of rotatable bonds is 1. The summed E-state index contributed by atoms with van der Waals surface area (Å²) >= 11 is 0. The molecule has 2 bridgehead atoms. The second-order valence-electron chi connectivity index (χ2n) is 8.62. The van der Waals surface area contributed by atoms with Gasteiger partial charge in [0.1, 0.15) is 0 Å². The van der Waals surface area contributed by atoms with Crippen molar-refractivity contribution in [1.82, 2.24) is 14.7 Å². The Kier molecular flexibility index (Phi) is 3.91. The van der Waals surface area contributed by atoms with Crippen molar-refractivity contribution in [2.75, 3.05) is 39.3 Å². The zero-order valence-corrected chi connectivity index (χ0v) is 14.9. The summed E-state index contributed by atoms with van der Waals surface area (Å²) in [6.07, 6.45) is 7.25. The van der Waals surface area contributed by atoms with Gasteiger partial charge in [-0.1, -0.05) is 0 Å². The smallest absolute Gasteiger partial charge is 0.320 e. The van der Waals surface area contributed by atoms with Gasteiger partial charge in [0.05, 0.1) is 18.1 Å². The fourth-order valence-corrected chi connectivity index (χ4v) is 5.86. The number of hydrogen-bond donors (Lipinski definition) is 0. The first kappa shape index (κ1) is 15.9. The first-order chi connectivity index (χ1) is 12.2. The molecule has 0 aromatic rings. The molecule has 3 amide bonds. The van der Waals surface area contributed by atoms with Crippen LogP contribution < -0.4 is 0 Å². The molecular formula is C19H29N3O3. The highest BCUT2D eigenvalue weighted by Gasteiger charge is 2.54. The topological polar surface area (TPSA) is 53.1 Å². The van der Waals surface area contributed by atoms with Crippen molar-refractivity contribution in [3.63, 3.8) is 0 Å². The number of fused-ring (bicyclic) bond motifs is 5. The van der Waals surface area contributed by atoms with E-state index >= 15 is 0 Å². The van der Waals surface area contributed by atoms with Crippen LogP contribution in [0, 0.1) is 17.8 Å². The lowest BCUT2D eigenvalue weighted by atomic mass is 9.82. The van der Waals surface area contributed by atoms with Crippen LogP contribution in [0.2, 0.25) is 0 Å². The van der Waals surface area contributed by atoms with E-state index in [-0.39, 0.29) is 17.9 Å². The number of hydrogen-bond acceptors (Lipinski definition) is 3. The molecule has 0 aromatic carbocycles. The van der Waals surface area contributed by atoms with E-state index in [1.165, 1.54) is 12.8 Å². The molecule has 6 heteroatoms. The highest BCUT2D eigenvalue weighted by Crippen LogP contribution is 2.47. The molecule has 0 saturated carbocycles. The van der Waals surface area contributed by atoms with Gasteiger partial charge in [-0.3, -0.25) is 4.79 Å². The summed E-state index contributed by atoms with van der Waals surface area (Å²) in [6, 6.07) is 0.153. The molecule has 0 spiro atoms. The van der Waals surface area contributed by atoms with Crippen molar-refractivity contribution in [2.45, 2.75) is 50.7 Å². The lowest BCUT2D eigenvalue weighted by molar-refractivity contribution is -0.136. The van der Waals surface area contributed by atoms with E-state index in [0.717, 1.165) is 58.4 Å². The number of amides is 3. The lowest BCUT2D eigenvalue weighted by Gasteiger charge is -2.36. The van der Waals surface area contributed by atoms with E-state index in [1.807, 2.05) is 9.80 Å². The number of carbonyl (C=O) groups is 2. The largest absolute Gasteiger partial charge is 0.374 e. The van der Waals surface area contributed by atoms with Crippen LogP contribution in [0.25, 0.3) is 0 Å². The molecule has 25 heavy (non-hydrogen) atoms. The highest BCUT2D eigenvalue weighted by molar-refractivity contribution is 5.81. The first-order valence-corrected chi connectivity index (χ1v) is 10.2. The fraction of sp³-hybridized carbons (Fsp3) is 0.895. The molecule has 0 aromatic heterocycles. The second kappa shape index (κ2) is 6.15. The summed E-state index contributed by atoms with van der Waals surface area (Å²) < 4.78 is 6.02. The quantitative estimate of drug-likeness (QED) is 0.723. The monoisotopic (exact) mass is 347 g/mol. The molecule has 5 rings (SSSR count). The van der Waals surface area contributed by atoms with Gasteiger partial charge in [-0.15, -0.1) is 0 Å². The van der Waals surface area contributed by atoms with E-state index in [9.17, 15) is 9.59 Å². The van der Waals surface area contributed by atoms with E-state index in [2.05, 4.69) is 4.90 Å². The normalized spacial score (nSPS) is 40.0. The van der Waals surface area contributed by atoms with Gasteiger partial charge in [0.25, 0.3) is 0 Å². The van der Waals surface area contributed by atoms with Crippen LogP contribution in [-0.4, -0.2) is 78.1 Å². The van der Waals surface area contributed by atoms with Gasteiger partial charge < -0.3 is 19.4 Å². The van der Waals surface area contributed by atoms with Crippen LogP contribution in [-0.2, 0) is 9.53 Å². The van der Waals surface area contributed by atoms with E-state index < -0.39 is 0 Å². The lowest BCUT2D eigenvalue weighted by Crippen LogP contribution is -2.50. The van der Waals surface area contributed by atoms with Crippen molar-refractivity contribution in [3.8, 4) is 0 Å². The minimum Gasteiger partial charge on any atom is -0.374 e. The summed E-state index contributed by atoms with van der Waals surface area (Å²) in [5, 5.41) is 0. The van der Waals surface area contributed by atoms with Gasteiger partial charge in [0, 0.05) is 51.1 Å². The SMILES string of the molecule is O=C(C1CCCN(C(=O)N2CCCC2)C1)N1CC2C3CCC(O3)C2C1. The third kappa shape index (κ3) is 2.64. The van der Waals surface area contributed by atoms with Gasteiger partial charge in [-0.2, -0.15) is 0 Å². The molecule has 0 radical (unpaired) electrons. The van der Waals surface area contributed by atoms with Crippen molar-refractivity contribution in [2.24, 2.45) is 17.8 Å². The molecule has 5 unspecified atom stereocenters. The third-order valence-corrected chi connectivity index (χ3v) is 7.18. The molecule has 5 aliphatic heterocycles.